The molecular weight excluding hydrogens is 546 g/mol. The van der Waals surface area contributed by atoms with E-state index in [0.717, 1.165) is 12.1 Å². The zero-order valence-corrected chi connectivity index (χ0v) is 21.0. The molecule has 3 aromatic carbocycles. The van der Waals surface area contributed by atoms with Crippen LogP contribution in [0.2, 0.25) is 5.02 Å². The van der Waals surface area contributed by atoms with Crippen LogP contribution in [0.15, 0.2) is 77.5 Å². The fourth-order valence-electron chi connectivity index (χ4n) is 3.65. The number of hydrogen-bond acceptors (Lipinski definition) is 5. The number of amides is 3. The minimum Gasteiger partial charge on any atom is -0.495 e. The summed E-state index contributed by atoms with van der Waals surface area (Å²) in [5, 5.41) is 5.35. The van der Waals surface area contributed by atoms with Crippen molar-refractivity contribution in [3.05, 3.63) is 93.6 Å². The van der Waals surface area contributed by atoms with E-state index in [9.17, 15) is 27.6 Å². The normalized spacial score (nSPS) is 13.7. The molecule has 0 aliphatic carbocycles. The Morgan fingerprint density at radius 3 is 2.26 bits per heavy atom. The van der Waals surface area contributed by atoms with E-state index >= 15 is 0 Å². The van der Waals surface area contributed by atoms with Gasteiger partial charge in [-0.05, 0) is 54.1 Å². The number of imide groups is 1. The van der Waals surface area contributed by atoms with E-state index in [1.54, 1.807) is 42.5 Å². The zero-order valence-electron chi connectivity index (χ0n) is 19.5. The number of nitrogens with zero attached hydrogens (tertiary/aromatic N) is 1. The van der Waals surface area contributed by atoms with Crippen molar-refractivity contribution >= 4 is 58.0 Å². The monoisotopic (exact) mass is 563 g/mol. The van der Waals surface area contributed by atoms with E-state index in [0.29, 0.717) is 38.7 Å². The number of nitrogens with one attached hydrogen (secondary N) is 2. The minimum atomic E-state index is -4.65. The van der Waals surface area contributed by atoms with Crippen molar-refractivity contribution in [2.75, 3.05) is 22.6 Å². The van der Waals surface area contributed by atoms with Crippen molar-refractivity contribution in [1.29, 1.82) is 0 Å². The van der Waals surface area contributed by atoms with Gasteiger partial charge in [-0.25, -0.2) is 4.90 Å². The fourth-order valence-corrected chi connectivity index (χ4v) is 4.12. The minimum absolute atomic E-state index is 0.0358. The highest BCUT2D eigenvalue weighted by Crippen LogP contribution is 2.35. The third-order valence-electron chi connectivity index (χ3n) is 5.48. The van der Waals surface area contributed by atoms with Gasteiger partial charge < -0.3 is 15.4 Å². The predicted octanol–water partition coefficient (Wildman–Crippen LogP) is 5.98. The number of benzene rings is 3. The Labute approximate surface area is 224 Å². The molecule has 3 amide bonds. The number of ether oxygens (including phenoxy) is 1. The molecule has 0 unspecified atom stereocenters. The molecule has 0 radical (unpaired) electrons. The first-order chi connectivity index (χ1) is 18.0. The lowest BCUT2D eigenvalue weighted by Gasteiger charge is -2.17. The van der Waals surface area contributed by atoms with Crippen molar-refractivity contribution in [1.82, 2.24) is 0 Å². The van der Waals surface area contributed by atoms with Gasteiger partial charge in [-0.3, -0.25) is 14.4 Å². The van der Waals surface area contributed by atoms with Crippen LogP contribution < -0.4 is 20.3 Å². The van der Waals surface area contributed by atoms with Crippen molar-refractivity contribution < 1.29 is 32.3 Å². The Bertz CT molecular complexity index is 1460. The Hall–Kier alpha value is -4.02. The van der Waals surface area contributed by atoms with Crippen LogP contribution in [-0.2, 0) is 27.0 Å². The van der Waals surface area contributed by atoms with Gasteiger partial charge in [0.2, 0.25) is 5.91 Å². The van der Waals surface area contributed by atoms with Crippen molar-refractivity contribution in [2.24, 2.45) is 0 Å². The number of methoxy groups -OCH3 is 1. The maximum Gasteiger partial charge on any atom is 0.416 e. The molecule has 2 N–H and O–H groups in total. The van der Waals surface area contributed by atoms with Crippen LogP contribution in [0.25, 0.3) is 0 Å². The molecule has 38 heavy (non-hydrogen) atoms. The molecule has 196 valence electrons. The highest BCUT2D eigenvalue weighted by Gasteiger charge is 2.40. The molecule has 0 saturated heterocycles. The third kappa shape index (κ3) is 5.76. The highest BCUT2D eigenvalue weighted by atomic mass is 35.5. The molecule has 12 heteroatoms. The lowest BCUT2D eigenvalue weighted by Crippen LogP contribution is -2.32. The Morgan fingerprint density at radius 1 is 0.947 bits per heavy atom. The van der Waals surface area contributed by atoms with Gasteiger partial charge in [0.05, 0.1) is 29.8 Å². The lowest BCUT2D eigenvalue weighted by atomic mass is 10.1. The molecule has 1 heterocycles. The highest BCUT2D eigenvalue weighted by molar-refractivity contribution is 6.53. The molecular formula is C26H18Cl2F3N3O4. The van der Waals surface area contributed by atoms with Gasteiger partial charge in [0.25, 0.3) is 11.8 Å². The van der Waals surface area contributed by atoms with E-state index in [2.05, 4.69) is 10.6 Å². The maximum atomic E-state index is 13.1. The summed E-state index contributed by atoms with van der Waals surface area (Å²) in [6, 6.07) is 15.0. The average Bonchev–Trinajstić information content (AvgIpc) is 3.07. The number of anilines is 3. The summed E-state index contributed by atoms with van der Waals surface area (Å²) in [5.74, 6) is -1.68. The second-order valence-electron chi connectivity index (χ2n) is 8.08. The number of halogens is 5. The summed E-state index contributed by atoms with van der Waals surface area (Å²) in [6.45, 7) is 0. The SMILES string of the molecule is COc1ccc(NC(=O)Cc2ccc(NC3=C(Cl)C(=O)N(c4cccc(C(F)(F)F)c4)C3=O)cc2)cc1Cl. The van der Waals surface area contributed by atoms with Gasteiger partial charge in [-0.2, -0.15) is 13.2 Å². The molecule has 0 saturated carbocycles. The molecule has 7 nitrogen and oxygen atoms in total. The van der Waals surface area contributed by atoms with Gasteiger partial charge >= 0.3 is 6.18 Å². The predicted molar refractivity (Wildman–Crippen MR) is 137 cm³/mol. The zero-order chi connectivity index (χ0) is 27.6. The van der Waals surface area contributed by atoms with E-state index in [-0.39, 0.29) is 23.7 Å². The maximum absolute atomic E-state index is 13.1. The van der Waals surface area contributed by atoms with Crippen molar-refractivity contribution in [3.8, 4) is 5.75 Å². The lowest BCUT2D eigenvalue weighted by molar-refractivity contribution is -0.137. The summed E-state index contributed by atoms with van der Waals surface area (Å²) in [6.07, 6.45) is -4.62. The van der Waals surface area contributed by atoms with Gasteiger partial charge in [-0.1, -0.05) is 41.4 Å². The summed E-state index contributed by atoms with van der Waals surface area (Å²) < 4.78 is 44.3. The van der Waals surface area contributed by atoms with Gasteiger partial charge in [0.15, 0.2) is 0 Å². The molecule has 0 atom stereocenters. The van der Waals surface area contributed by atoms with E-state index in [4.69, 9.17) is 27.9 Å². The second-order valence-corrected chi connectivity index (χ2v) is 8.86. The topological polar surface area (TPSA) is 87.7 Å². The van der Waals surface area contributed by atoms with E-state index in [1.807, 2.05) is 0 Å². The molecule has 1 aliphatic rings. The number of rotatable bonds is 7. The average molecular weight is 564 g/mol. The van der Waals surface area contributed by atoms with Crippen molar-refractivity contribution in [2.45, 2.75) is 12.6 Å². The van der Waals surface area contributed by atoms with Crippen LogP contribution in [0.5, 0.6) is 5.75 Å². The smallest absolute Gasteiger partial charge is 0.416 e. The quantitative estimate of drug-likeness (QED) is 0.345. The Balaban J connectivity index is 1.42. The fraction of sp³-hybridized carbons (Fsp3) is 0.115. The summed E-state index contributed by atoms with van der Waals surface area (Å²) >= 11 is 12.1. The largest absolute Gasteiger partial charge is 0.495 e. The first-order valence-electron chi connectivity index (χ1n) is 10.9. The molecule has 3 aromatic rings. The molecule has 0 spiro atoms. The van der Waals surface area contributed by atoms with Crippen LogP contribution in [0.4, 0.5) is 30.2 Å². The Morgan fingerprint density at radius 2 is 1.63 bits per heavy atom. The van der Waals surface area contributed by atoms with Gasteiger partial charge in [0.1, 0.15) is 16.5 Å². The van der Waals surface area contributed by atoms with Crippen LogP contribution in [-0.4, -0.2) is 24.8 Å². The number of carbonyl (C=O) groups excluding carboxylic acids is 3. The standard InChI is InChI=1S/C26H18Cl2F3N3O4/c1-38-20-10-9-17(13-19(20)27)32-21(35)11-14-5-7-16(8-6-14)33-23-22(28)24(36)34(25(23)37)18-4-2-3-15(12-18)26(29,30)31/h2-10,12-13,33H,11H2,1H3,(H,32,35). The summed E-state index contributed by atoms with van der Waals surface area (Å²) in [7, 11) is 1.48. The Kier molecular flexibility index (Phi) is 7.66. The van der Waals surface area contributed by atoms with Gasteiger partial charge in [0, 0.05) is 11.4 Å². The van der Waals surface area contributed by atoms with E-state index in [1.165, 1.54) is 13.2 Å². The first kappa shape index (κ1) is 27.0. The van der Waals surface area contributed by atoms with Crippen LogP contribution >= 0.6 is 23.2 Å². The molecule has 4 rings (SSSR count). The third-order valence-corrected chi connectivity index (χ3v) is 6.13. The molecule has 0 fully saturated rings. The van der Waals surface area contributed by atoms with Crippen LogP contribution in [0, 0.1) is 0 Å². The van der Waals surface area contributed by atoms with Crippen LogP contribution in [0.3, 0.4) is 0 Å². The van der Waals surface area contributed by atoms with Gasteiger partial charge in [-0.15, -0.1) is 0 Å². The molecule has 0 aromatic heterocycles. The number of hydrogen-bond donors (Lipinski definition) is 2. The first-order valence-corrected chi connectivity index (χ1v) is 11.7. The second kappa shape index (κ2) is 10.8. The molecule has 1 aliphatic heterocycles. The number of alkyl halides is 3. The number of carbonyl (C=O) groups is 3. The van der Waals surface area contributed by atoms with Crippen LogP contribution in [0.1, 0.15) is 11.1 Å². The molecule has 0 bridgehead atoms. The summed E-state index contributed by atoms with van der Waals surface area (Å²) in [5.41, 5.74) is -0.0399. The van der Waals surface area contributed by atoms with Crippen molar-refractivity contribution in [3.63, 3.8) is 0 Å². The summed E-state index contributed by atoms with van der Waals surface area (Å²) in [4.78, 5) is 38.5. The van der Waals surface area contributed by atoms with E-state index < -0.39 is 28.6 Å².